The van der Waals surface area contributed by atoms with Gasteiger partial charge < -0.3 is 10.1 Å². The summed E-state index contributed by atoms with van der Waals surface area (Å²) in [5.41, 5.74) is 2.26. The van der Waals surface area contributed by atoms with Crippen molar-refractivity contribution in [2.24, 2.45) is 5.92 Å². The highest BCUT2D eigenvalue weighted by Gasteiger charge is 2.23. The fourth-order valence-electron chi connectivity index (χ4n) is 1.99. The predicted octanol–water partition coefficient (Wildman–Crippen LogP) is 2.50. The van der Waals surface area contributed by atoms with Crippen LogP contribution < -0.4 is 14.8 Å². The zero-order chi connectivity index (χ0) is 20.2. The average molecular weight is 413 g/mol. The first-order valence-corrected chi connectivity index (χ1v) is 10.7. The molecule has 148 valence electrons. The van der Waals surface area contributed by atoms with E-state index in [0.717, 1.165) is 22.5 Å². The molecule has 27 heavy (non-hydrogen) atoms. The summed E-state index contributed by atoms with van der Waals surface area (Å²) in [5, 5.41) is 10.0. The Kier molecular flexibility index (Phi) is 6.90. The minimum Gasteiger partial charge on any atom is -0.492 e. The van der Waals surface area contributed by atoms with Crippen LogP contribution in [0.15, 0.2) is 22.5 Å². The van der Waals surface area contributed by atoms with E-state index in [0.29, 0.717) is 5.75 Å². The summed E-state index contributed by atoms with van der Waals surface area (Å²) in [6, 6.07) is 5.23. The molecule has 1 amide bonds. The van der Waals surface area contributed by atoms with Gasteiger partial charge in [-0.25, -0.2) is 13.1 Å². The molecule has 0 radical (unpaired) electrons. The van der Waals surface area contributed by atoms with E-state index in [9.17, 15) is 13.2 Å². The molecule has 2 aromatic rings. The molecule has 0 spiro atoms. The van der Waals surface area contributed by atoms with Crippen LogP contribution in [0.3, 0.4) is 0 Å². The van der Waals surface area contributed by atoms with Crippen LogP contribution in [0.4, 0.5) is 5.13 Å². The Labute approximate surface area is 163 Å². The number of hydrogen-bond acceptors (Lipinski definition) is 7. The SMILES string of the molecule is Cc1ccc(OCC(C)NS(=O)(=O)c2nnc(NC(=O)C(C)C)s2)cc1C. The zero-order valence-corrected chi connectivity index (χ0v) is 17.6. The fraction of sp³-hybridized carbons (Fsp3) is 0.471. The van der Waals surface area contributed by atoms with Crippen LogP contribution in [0.1, 0.15) is 31.9 Å². The number of hydrogen-bond donors (Lipinski definition) is 2. The normalized spacial score (nSPS) is 12.8. The molecular formula is C17H24N4O4S2. The van der Waals surface area contributed by atoms with Crippen LogP contribution in [-0.2, 0) is 14.8 Å². The highest BCUT2D eigenvalue weighted by molar-refractivity contribution is 7.91. The maximum Gasteiger partial charge on any atom is 0.270 e. The van der Waals surface area contributed by atoms with E-state index in [1.54, 1.807) is 20.8 Å². The van der Waals surface area contributed by atoms with E-state index in [4.69, 9.17) is 4.74 Å². The second kappa shape index (κ2) is 8.77. The number of carbonyl (C=O) groups is 1. The topological polar surface area (TPSA) is 110 Å². The Morgan fingerprint density at radius 1 is 1.19 bits per heavy atom. The van der Waals surface area contributed by atoms with Crippen LogP contribution in [0.25, 0.3) is 0 Å². The largest absolute Gasteiger partial charge is 0.492 e. The Morgan fingerprint density at radius 3 is 2.52 bits per heavy atom. The summed E-state index contributed by atoms with van der Waals surface area (Å²) in [7, 11) is -3.85. The van der Waals surface area contributed by atoms with Gasteiger partial charge in [-0.2, -0.15) is 0 Å². The first kappa shape index (κ1) is 21.3. The molecule has 0 saturated carbocycles. The number of sulfonamides is 1. The van der Waals surface area contributed by atoms with Crippen LogP contribution in [0.2, 0.25) is 0 Å². The van der Waals surface area contributed by atoms with Crippen LogP contribution in [0.5, 0.6) is 5.75 Å². The minimum absolute atomic E-state index is 0.146. The quantitative estimate of drug-likeness (QED) is 0.645. The summed E-state index contributed by atoms with van der Waals surface area (Å²) in [6.07, 6.45) is 0. The molecule has 8 nitrogen and oxygen atoms in total. The third kappa shape index (κ3) is 5.98. The van der Waals surface area contributed by atoms with Gasteiger partial charge in [0.15, 0.2) is 0 Å². The van der Waals surface area contributed by atoms with Crippen molar-refractivity contribution >= 4 is 32.4 Å². The van der Waals surface area contributed by atoms with Crippen molar-refractivity contribution in [3.63, 3.8) is 0 Å². The Hall–Kier alpha value is -2.04. The van der Waals surface area contributed by atoms with Gasteiger partial charge in [-0.15, -0.1) is 10.2 Å². The number of nitrogens with zero attached hydrogens (tertiary/aromatic N) is 2. The number of benzene rings is 1. The first-order chi connectivity index (χ1) is 12.6. The second-order valence-corrected chi connectivity index (χ2v) is 9.46. The maximum absolute atomic E-state index is 12.4. The molecule has 1 heterocycles. The third-order valence-electron chi connectivity index (χ3n) is 3.73. The van der Waals surface area contributed by atoms with E-state index < -0.39 is 16.1 Å². The molecule has 2 rings (SSSR count). The predicted molar refractivity (Wildman–Crippen MR) is 105 cm³/mol. The van der Waals surface area contributed by atoms with E-state index in [-0.39, 0.29) is 27.9 Å². The lowest BCUT2D eigenvalue weighted by Crippen LogP contribution is -2.36. The highest BCUT2D eigenvalue weighted by Crippen LogP contribution is 2.21. The smallest absolute Gasteiger partial charge is 0.270 e. The van der Waals surface area contributed by atoms with Gasteiger partial charge in [0.25, 0.3) is 10.0 Å². The number of amides is 1. The van der Waals surface area contributed by atoms with Crippen LogP contribution >= 0.6 is 11.3 Å². The van der Waals surface area contributed by atoms with Gasteiger partial charge in [-0.3, -0.25) is 4.79 Å². The van der Waals surface area contributed by atoms with Crippen molar-refractivity contribution in [3.05, 3.63) is 29.3 Å². The molecular weight excluding hydrogens is 388 g/mol. The first-order valence-electron chi connectivity index (χ1n) is 8.45. The number of aromatic nitrogens is 2. The molecule has 0 aliphatic heterocycles. The lowest BCUT2D eigenvalue weighted by atomic mass is 10.1. The number of nitrogens with one attached hydrogen (secondary N) is 2. The summed E-state index contributed by atoms with van der Waals surface area (Å²) < 4.78 is 32.8. The Bertz CT molecular complexity index is 909. The Balaban J connectivity index is 1.95. The summed E-state index contributed by atoms with van der Waals surface area (Å²) in [6.45, 7) is 9.31. The van der Waals surface area contributed by atoms with Gasteiger partial charge in [0.05, 0.1) is 6.04 Å². The molecule has 1 aromatic heterocycles. The van der Waals surface area contributed by atoms with Crippen LogP contribution in [-0.4, -0.2) is 37.2 Å². The molecule has 1 atom stereocenters. The van der Waals surface area contributed by atoms with E-state index >= 15 is 0 Å². The van der Waals surface area contributed by atoms with Crippen molar-refractivity contribution in [1.29, 1.82) is 0 Å². The van der Waals surface area contributed by atoms with E-state index in [1.807, 2.05) is 32.0 Å². The lowest BCUT2D eigenvalue weighted by molar-refractivity contribution is -0.118. The number of rotatable bonds is 8. The molecule has 10 heteroatoms. The number of anilines is 1. The molecule has 1 aromatic carbocycles. The number of ether oxygens (including phenoxy) is 1. The van der Waals surface area contributed by atoms with Gasteiger partial charge in [0, 0.05) is 5.92 Å². The van der Waals surface area contributed by atoms with Crippen LogP contribution in [0, 0.1) is 19.8 Å². The fourth-order valence-corrected chi connectivity index (χ4v) is 4.14. The number of aryl methyl sites for hydroxylation is 2. The van der Waals surface area contributed by atoms with E-state index in [1.165, 1.54) is 0 Å². The zero-order valence-electron chi connectivity index (χ0n) is 15.9. The summed E-state index contributed by atoms with van der Waals surface area (Å²) in [4.78, 5) is 11.7. The molecule has 0 fully saturated rings. The highest BCUT2D eigenvalue weighted by atomic mass is 32.2. The average Bonchev–Trinajstić information content (AvgIpc) is 3.05. The van der Waals surface area contributed by atoms with Crippen molar-refractivity contribution in [3.8, 4) is 5.75 Å². The molecule has 0 saturated heterocycles. The van der Waals surface area contributed by atoms with Gasteiger partial charge in [-0.1, -0.05) is 31.3 Å². The monoisotopic (exact) mass is 412 g/mol. The molecule has 0 bridgehead atoms. The standard InChI is InChI=1S/C17H24N4O4S2/c1-10(2)15(22)18-16-19-20-17(26-16)27(23,24)21-13(5)9-25-14-7-6-11(3)12(4)8-14/h6-8,10,13,21H,9H2,1-5H3,(H,18,19,22). The van der Waals surface area contributed by atoms with E-state index in [2.05, 4.69) is 20.2 Å². The van der Waals surface area contributed by atoms with Crippen molar-refractivity contribution in [1.82, 2.24) is 14.9 Å². The third-order valence-corrected chi connectivity index (χ3v) is 6.52. The molecule has 1 unspecified atom stereocenters. The molecule has 2 N–H and O–H groups in total. The van der Waals surface area contributed by atoms with Gasteiger partial charge in [0.2, 0.25) is 15.4 Å². The maximum atomic E-state index is 12.4. The lowest BCUT2D eigenvalue weighted by Gasteiger charge is -2.14. The van der Waals surface area contributed by atoms with Crippen molar-refractivity contribution in [2.75, 3.05) is 11.9 Å². The van der Waals surface area contributed by atoms with Gasteiger partial charge >= 0.3 is 0 Å². The summed E-state index contributed by atoms with van der Waals surface area (Å²) in [5.74, 6) is 0.187. The van der Waals surface area contributed by atoms with Gasteiger partial charge in [-0.05, 0) is 44.0 Å². The molecule has 0 aliphatic rings. The summed E-state index contributed by atoms with van der Waals surface area (Å²) >= 11 is 0.800. The second-order valence-electron chi connectivity index (χ2n) is 6.60. The minimum atomic E-state index is -3.85. The molecule has 0 aliphatic carbocycles. The Morgan fingerprint density at radius 2 is 1.89 bits per heavy atom. The van der Waals surface area contributed by atoms with Crippen molar-refractivity contribution < 1.29 is 17.9 Å². The number of carbonyl (C=O) groups excluding carboxylic acids is 1. The van der Waals surface area contributed by atoms with Gasteiger partial charge in [0.1, 0.15) is 12.4 Å². The van der Waals surface area contributed by atoms with Crippen molar-refractivity contribution in [2.45, 2.75) is 45.0 Å².